The maximum atomic E-state index is 12.2. The molecule has 0 spiro atoms. The van der Waals surface area contributed by atoms with Crippen LogP contribution in [0.15, 0.2) is 65.1 Å². The molecule has 0 N–H and O–H groups in total. The summed E-state index contributed by atoms with van der Waals surface area (Å²) in [4.78, 5) is 12.2. The van der Waals surface area contributed by atoms with Crippen LogP contribution in [0.25, 0.3) is 6.08 Å². The number of ether oxygens (including phenoxy) is 1. The molecular formula is C22H18Cl2O3. The predicted molar refractivity (Wildman–Crippen MR) is 109 cm³/mol. The van der Waals surface area contributed by atoms with E-state index in [2.05, 4.69) is 6.92 Å². The minimum absolute atomic E-state index is 0.220. The first-order valence-electron chi connectivity index (χ1n) is 8.53. The molecule has 0 aliphatic rings. The maximum absolute atomic E-state index is 12.2. The van der Waals surface area contributed by atoms with E-state index >= 15 is 0 Å². The molecule has 0 saturated carbocycles. The number of carbonyl (C=O) groups is 1. The van der Waals surface area contributed by atoms with E-state index in [0.717, 1.165) is 12.2 Å². The lowest BCUT2D eigenvalue weighted by atomic mass is 10.1. The second-order valence-electron chi connectivity index (χ2n) is 5.91. The van der Waals surface area contributed by atoms with E-state index in [9.17, 15) is 4.79 Å². The van der Waals surface area contributed by atoms with E-state index in [1.54, 1.807) is 30.3 Å². The number of benzene rings is 2. The van der Waals surface area contributed by atoms with Crippen molar-refractivity contribution in [1.82, 2.24) is 0 Å². The first kappa shape index (κ1) is 19.3. The fourth-order valence-corrected chi connectivity index (χ4v) is 2.98. The molecule has 138 valence electrons. The summed E-state index contributed by atoms with van der Waals surface area (Å²) in [7, 11) is 0. The van der Waals surface area contributed by atoms with Crippen molar-refractivity contribution in [2.24, 2.45) is 0 Å². The first-order chi connectivity index (χ1) is 13.0. The van der Waals surface area contributed by atoms with Crippen LogP contribution in [0.1, 0.15) is 34.4 Å². The molecule has 1 aromatic heterocycles. The van der Waals surface area contributed by atoms with E-state index < -0.39 is 0 Å². The van der Waals surface area contributed by atoms with E-state index in [0.29, 0.717) is 33.7 Å². The minimum atomic E-state index is -0.220. The Labute approximate surface area is 168 Å². The maximum Gasteiger partial charge on any atom is 0.187 e. The second-order valence-corrected chi connectivity index (χ2v) is 6.76. The molecule has 5 heteroatoms. The Balaban J connectivity index is 1.59. The van der Waals surface area contributed by atoms with Crippen LogP contribution in [0, 0.1) is 0 Å². The highest BCUT2D eigenvalue weighted by atomic mass is 35.5. The number of hydrogen-bond acceptors (Lipinski definition) is 3. The van der Waals surface area contributed by atoms with Crippen LogP contribution < -0.4 is 4.74 Å². The van der Waals surface area contributed by atoms with Crippen LogP contribution in [-0.2, 0) is 13.0 Å². The third kappa shape index (κ3) is 5.25. The summed E-state index contributed by atoms with van der Waals surface area (Å²) in [6.07, 6.45) is 4.02. The Kier molecular flexibility index (Phi) is 6.38. The van der Waals surface area contributed by atoms with Crippen LogP contribution in [0.5, 0.6) is 5.75 Å². The van der Waals surface area contributed by atoms with Crippen molar-refractivity contribution in [2.75, 3.05) is 0 Å². The number of allylic oxidation sites excluding steroid dienone is 1. The number of rotatable bonds is 7. The molecule has 0 amide bonds. The first-order valence-corrected chi connectivity index (χ1v) is 9.28. The molecule has 0 aliphatic carbocycles. The van der Waals surface area contributed by atoms with Crippen molar-refractivity contribution in [3.8, 4) is 5.75 Å². The van der Waals surface area contributed by atoms with Gasteiger partial charge in [0.05, 0.1) is 5.02 Å². The Morgan fingerprint density at radius 3 is 2.56 bits per heavy atom. The predicted octanol–water partition coefficient (Wildman–Crippen LogP) is 6.62. The van der Waals surface area contributed by atoms with Gasteiger partial charge in [0.25, 0.3) is 0 Å². The largest absolute Gasteiger partial charge is 0.486 e. The van der Waals surface area contributed by atoms with Gasteiger partial charge in [-0.1, -0.05) is 42.3 Å². The monoisotopic (exact) mass is 400 g/mol. The van der Waals surface area contributed by atoms with Crippen LogP contribution in [0.3, 0.4) is 0 Å². The van der Waals surface area contributed by atoms with Crippen molar-refractivity contribution in [3.05, 3.63) is 93.4 Å². The molecule has 0 saturated heterocycles. The van der Waals surface area contributed by atoms with Crippen LogP contribution >= 0.6 is 23.2 Å². The van der Waals surface area contributed by atoms with E-state index in [4.69, 9.17) is 32.4 Å². The molecule has 3 aromatic rings. The Morgan fingerprint density at radius 2 is 1.85 bits per heavy atom. The number of halogens is 2. The van der Waals surface area contributed by atoms with Crippen molar-refractivity contribution >= 4 is 35.1 Å². The molecular weight excluding hydrogens is 383 g/mol. The van der Waals surface area contributed by atoms with Crippen molar-refractivity contribution < 1.29 is 13.9 Å². The lowest BCUT2D eigenvalue weighted by Gasteiger charge is -2.04. The smallest absolute Gasteiger partial charge is 0.187 e. The number of furan rings is 1. The van der Waals surface area contributed by atoms with Gasteiger partial charge in [-0.3, -0.25) is 4.79 Å². The minimum Gasteiger partial charge on any atom is -0.486 e. The highest BCUT2D eigenvalue weighted by Gasteiger charge is 2.08. The van der Waals surface area contributed by atoms with Crippen molar-refractivity contribution in [2.45, 2.75) is 20.0 Å². The Hall–Kier alpha value is -2.49. The molecule has 2 aromatic carbocycles. The number of aryl methyl sites for hydroxylation is 1. The van der Waals surface area contributed by atoms with Crippen molar-refractivity contribution in [1.29, 1.82) is 0 Å². The lowest BCUT2D eigenvalue weighted by Crippen LogP contribution is -1.95. The lowest BCUT2D eigenvalue weighted by molar-refractivity contribution is 0.104. The average Bonchev–Trinajstić information content (AvgIpc) is 3.13. The Bertz CT molecular complexity index is 956. The van der Waals surface area contributed by atoms with Crippen LogP contribution in [0.2, 0.25) is 10.0 Å². The van der Waals surface area contributed by atoms with Crippen molar-refractivity contribution in [3.63, 3.8) is 0 Å². The van der Waals surface area contributed by atoms with Gasteiger partial charge in [-0.2, -0.15) is 0 Å². The summed E-state index contributed by atoms with van der Waals surface area (Å²) in [6, 6.07) is 16.3. The van der Waals surface area contributed by atoms with Gasteiger partial charge in [0.1, 0.15) is 23.9 Å². The molecule has 3 nitrogen and oxygen atoms in total. The molecule has 0 bridgehead atoms. The van der Waals surface area contributed by atoms with Gasteiger partial charge in [-0.25, -0.2) is 0 Å². The molecule has 0 fully saturated rings. The zero-order valence-corrected chi connectivity index (χ0v) is 16.3. The third-order valence-corrected chi connectivity index (χ3v) is 4.54. The average molecular weight is 401 g/mol. The topological polar surface area (TPSA) is 39.4 Å². The van der Waals surface area contributed by atoms with E-state index in [1.807, 2.05) is 30.3 Å². The zero-order chi connectivity index (χ0) is 19.2. The van der Waals surface area contributed by atoms with E-state index in [-0.39, 0.29) is 5.78 Å². The molecule has 0 radical (unpaired) electrons. The Morgan fingerprint density at radius 1 is 1.07 bits per heavy atom. The molecule has 0 aliphatic heterocycles. The highest BCUT2D eigenvalue weighted by Crippen LogP contribution is 2.22. The molecule has 27 heavy (non-hydrogen) atoms. The van der Waals surface area contributed by atoms with E-state index in [1.165, 1.54) is 11.6 Å². The van der Waals surface area contributed by atoms with Crippen LogP contribution in [-0.4, -0.2) is 5.78 Å². The van der Waals surface area contributed by atoms with Gasteiger partial charge >= 0.3 is 0 Å². The fourth-order valence-electron chi connectivity index (χ4n) is 2.47. The normalized spacial score (nSPS) is 11.1. The van der Waals surface area contributed by atoms with Gasteiger partial charge in [0, 0.05) is 10.6 Å². The van der Waals surface area contributed by atoms with Gasteiger partial charge in [-0.15, -0.1) is 0 Å². The second kappa shape index (κ2) is 8.94. The van der Waals surface area contributed by atoms with Gasteiger partial charge in [0.15, 0.2) is 5.78 Å². The molecule has 0 atom stereocenters. The summed E-state index contributed by atoms with van der Waals surface area (Å²) < 4.78 is 11.4. The summed E-state index contributed by atoms with van der Waals surface area (Å²) in [5.74, 6) is 1.80. The third-order valence-electron chi connectivity index (χ3n) is 3.99. The SMILES string of the molecule is CCc1ccc(OCc2ccc(/C=C/C(=O)c3ccc(Cl)cc3Cl)o2)cc1. The quantitative estimate of drug-likeness (QED) is 0.330. The number of hydrogen-bond donors (Lipinski definition) is 0. The van der Waals surface area contributed by atoms with Gasteiger partial charge in [-0.05, 0) is 66.6 Å². The standard InChI is InChI=1S/C22H18Cl2O3/c1-2-15-3-6-17(7-4-15)26-14-19-9-8-18(27-19)10-12-22(25)20-11-5-16(23)13-21(20)24/h3-13H,2,14H2,1H3/b12-10+. The summed E-state index contributed by atoms with van der Waals surface area (Å²) in [5.41, 5.74) is 1.65. The summed E-state index contributed by atoms with van der Waals surface area (Å²) >= 11 is 11.9. The highest BCUT2D eigenvalue weighted by molar-refractivity contribution is 6.37. The summed E-state index contributed by atoms with van der Waals surface area (Å²) in [6.45, 7) is 2.43. The van der Waals surface area contributed by atoms with Gasteiger partial charge in [0.2, 0.25) is 0 Å². The molecule has 1 heterocycles. The fraction of sp³-hybridized carbons (Fsp3) is 0.136. The molecule has 3 rings (SSSR count). The van der Waals surface area contributed by atoms with Crippen LogP contribution in [0.4, 0.5) is 0 Å². The summed E-state index contributed by atoms with van der Waals surface area (Å²) in [5, 5.41) is 0.806. The number of carbonyl (C=O) groups excluding carboxylic acids is 1. The number of ketones is 1. The van der Waals surface area contributed by atoms with Gasteiger partial charge < -0.3 is 9.15 Å². The molecule has 0 unspecified atom stereocenters. The zero-order valence-electron chi connectivity index (χ0n) is 14.7.